The van der Waals surface area contributed by atoms with Crippen molar-refractivity contribution in [3.63, 3.8) is 0 Å². The van der Waals surface area contributed by atoms with Gasteiger partial charge in [0.25, 0.3) is 0 Å². The molecule has 0 saturated carbocycles. The summed E-state index contributed by atoms with van der Waals surface area (Å²) in [6, 6.07) is 4.17. The average molecular weight is 193 g/mol. The largest absolute Gasteiger partial charge is 0.307 e. The number of fused-ring (bicyclic) bond motifs is 1. The van der Waals surface area contributed by atoms with Crippen LogP contribution in [0.15, 0.2) is 16.9 Å². The number of thiazole rings is 1. The van der Waals surface area contributed by atoms with E-state index in [1.54, 1.807) is 4.57 Å². The van der Waals surface area contributed by atoms with Crippen LogP contribution < -0.4 is 4.87 Å². The summed E-state index contributed by atoms with van der Waals surface area (Å²) < 4.78 is 2.80. The van der Waals surface area contributed by atoms with E-state index in [4.69, 9.17) is 0 Å². The predicted octanol–water partition coefficient (Wildman–Crippen LogP) is 2.22. The lowest BCUT2D eigenvalue weighted by atomic mass is 10.1. The Balaban J connectivity index is 3.03. The zero-order chi connectivity index (χ0) is 9.59. The van der Waals surface area contributed by atoms with Crippen molar-refractivity contribution >= 4 is 21.6 Å². The van der Waals surface area contributed by atoms with Gasteiger partial charge in [-0.15, -0.1) is 0 Å². The fourth-order valence-corrected chi connectivity index (χ4v) is 2.74. The molecule has 1 aromatic heterocycles. The molecule has 0 bridgehead atoms. The van der Waals surface area contributed by atoms with Crippen molar-refractivity contribution in [3.05, 3.63) is 32.9 Å². The predicted molar refractivity (Wildman–Crippen MR) is 56.5 cm³/mol. The maximum atomic E-state index is 11.4. The Bertz CT molecular complexity index is 521. The molecule has 0 fully saturated rings. The molecule has 1 heterocycles. The Morgan fingerprint density at radius 3 is 2.69 bits per heavy atom. The van der Waals surface area contributed by atoms with Gasteiger partial charge in [0.1, 0.15) is 0 Å². The Kier molecular flexibility index (Phi) is 1.77. The molecule has 13 heavy (non-hydrogen) atoms. The van der Waals surface area contributed by atoms with Crippen molar-refractivity contribution in [2.75, 3.05) is 0 Å². The summed E-state index contributed by atoms with van der Waals surface area (Å²) in [6.07, 6.45) is 0. The normalized spacial score (nSPS) is 11.0. The van der Waals surface area contributed by atoms with Gasteiger partial charge in [0.05, 0.1) is 10.2 Å². The van der Waals surface area contributed by atoms with Crippen LogP contribution >= 0.6 is 11.3 Å². The molecule has 3 heteroatoms. The molecule has 0 unspecified atom stereocenters. The van der Waals surface area contributed by atoms with Crippen molar-refractivity contribution in [1.82, 2.24) is 4.57 Å². The summed E-state index contributed by atoms with van der Waals surface area (Å²) in [6.45, 7) is 4.10. The highest BCUT2D eigenvalue weighted by molar-refractivity contribution is 7.16. The van der Waals surface area contributed by atoms with Crippen LogP contribution in [0.5, 0.6) is 0 Å². The van der Waals surface area contributed by atoms with Crippen LogP contribution in [-0.2, 0) is 7.05 Å². The lowest BCUT2D eigenvalue weighted by Gasteiger charge is -2.00. The molecule has 0 atom stereocenters. The van der Waals surface area contributed by atoms with Crippen LogP contribution in [-0.4, -0.2) is 4.57 Å². The first-order valence-corrected chi connectivity index (χ1v) is 4.98. The molecular weight excluding hydrogens is 182 g/mol. The molecule has 0 aliphatic rings. The van der Waals surface area contributed by atoms with E-state index in [9.17, 15) is 4.79 Å². The zero-order valence-electron chi connectivity index (χ0n) is 7.92. The van der Waals surface area contributed by atoms with E-state index in [-0.39, 0.29) is 4.87 Å². The van der Waals surface area contributed by atoms with Gasteiger partial charge in [-0.25, -0.2) is 0 Å². The fraction of sp³-hybridized carbons (Fsp3) is 0.300. The molecule has 2 rings (SSSR count). The molecule has 0 radical (unpaired) electrons. The minimum atomic E-state index is 0.115. The van der Waals surface area contributed by atoms with Crippen molar-refractivity contribution in [2.45, 2.75) is 13.8 Å². The topological polar surface area (TPSA) is 22.0 Å². The number of hydrogen-bond donors (Lipinski definition) is 0. The Labute approximate surface area is 80.4 Å². The highest BCUT2D eigenvalue weighted by atomic mass is 32.1. The molecule has 1 aromatic carbocycles. The minimum absolute atomic E-state index is 0.115. The first kappa shape index (κ1) is 8.51. The second-order valence-corrected chi connectivity index (χ2v) is 4.35. The number of nitrogens with zero attached hydrogens (tertiary/aromatic N) is 1. The summed E-state index contributed by atoms with van der Waals surface area (Å²) in [5.74, 6) is 0. The third kappa shape index (κ3) is 1.20. The second kappa shape index (κ2) is 2.70. The molecule has 0 saturated heterocycles. The summed E-state index contributed by atoms with van der Waals surface area (Å²) in [7, 11) is 1.82. The van der Waals surface area contributed by atoms with Gasteiger partial charge in [0, 0.05) is 7.05 Å². The highest BCUT2D eigenvalue weighted by Crippen LogP contribution is 2.21. The molecule has 0 aliphatic heterocycles. The number of aryl methyl sites for hydroxylation is 3. The van der Waals surface area contributed by atoms with Gasteiger partial charge in [0.2, 0.25) is 0 Å². The van der Waals surface area contributed by atoms with Crippen LogP contribution in [0.1, 0.15) is 11.1 Å². The lowest BCUT2D eigenvalue weighted by Crippen LogP contribution is -2.07. The van der Waals surface area contributed by atoms with E-state index in [2.05, 4.69) is 19.1 Å². The number of hydrogen-bond acceptors (Lipinski definition) is 2. The SMILES string of the molecule is Cc1cc(C)c2c(c1)sc(=O)n2C. The van der Waals surface area contributed by atoms with Crippen LogP contribution in [0.2, 0.25) is 0 Å². The van der Waals surface area contributed by atoms with Crippen LogP contribution in [0.3, 0.4) is 0 Å². The molecule has 0 N–H and O–H groups in total. The van der Waals surface area contributed by atoms with E-state index in [1.807, 2.05) is 14.0 Å². The molecule has 68 valence electrons. The molecular formula is C10H11NOS. The maximum Gasteiger partial charge on any atom is 0.307 e. The fourth-order valence-electron chi connectivity index (χ4n) is 1.68. The Morgan fingerprint density at radius 2 is 2.00 bits per heavy atom. The van der Waals surface area contributed by atoms with Crippen molar-refractivity contribution in [3.8, 4) is 0 Å². The lowest BCUT2D eigenvalue weighted by molar-refractivity contribution is 0.934. The quantitative estimate of drug-likeness (QED) is 0.628. The standard InChI is InChI=1S/C10H11NOS/c1-6-4-7(2)9-8(5-6)13-10(12)11(9)3/h4-5H,1-3H3. The van der Waals surface area contributed by atoms with E-state index in [0.29, 0.717) is 0 Å². The summed E-state index contributed by atoms with van der Waals surface area (Å²) in [5.41, 5.74) is 3.46. The van der Waals surface area contributed by atoms with Crippen LogP contribution in [0.25, 0.3) is 10.2 Å². The monoisotopic (exact) mass is 193 g/mol. The van der Waals surface area contributed by atoms with Gasteiger partial charge >= 0.3 is 4.87 Å². The Hall–Kier alpha value is -1.09. The van der Waals surface area contributed by atoms with E-state index >= 15 is 0 Å². The smallest absolute Gasteiger partial charge is 0.301 e. The second-order valence-electron chi connectivity index (χ2n) is 3.36. The third-order valence-corrected chi connectivity index (χ3v) is 3.20. The zero-order valence-corrected chi connectivity index (χ0v) is 8.73. The molecule has 2 nitrogen and oxygen atoms in total. The van der Waals surface area contributed by atoms with Gasteiger partial charge in [-0.3, -0.25) is 4.79 Å². The molecule has 2 aromatic rings. The molecule has 0 amide bonds. The van der Waals surface area contributed by atoms with E-state index in [1.165, 1.54) is 22.5 Å². The van der Waals surface area contributed by atoms with Gasteiger partial charge in [-0.2, -0.15) is 0 Å². The highest BCUT2D eigenvalue weighted by Gasteiger charge is 2.06. The molecule has 0 spiro atoms. The van der Waals surface area contributed by atoms with Gasteiger partial charge in [0.15, 0.2) is 0 Å². The van der Waals surface area contributed by atoms with Gasteiger partial charge < -0.3 is 4.57 Å². The van der Waals surface area contributed by atoms with Crippen LogP contribution in [0, 0.1) is 13.8 Å². The Morgan fingerprint density at radius 1 is 1.31 bits per heavy atom. The number of benzene rings is 1. The minimum Gasteiger partial charge on any atom is -0.301 e. The summed E-state index contributed by atoms with van der Waals surface area (Å²) in [4.78, 5) is 11.5. The van der Waals surface area contributed by atoms with E-state index in [0.717, 1.165) is 10.2 Å². The van der Waals surface area contributed by atoms with Crippen molar-refractivity contribution in [1.29, 1.82) is 0 Å². The summed E-state index contributed by atoms with van der Waals surface area (Å²) >= 11 is 1.31. The van der Waals surface area contributed by atoms with Crippen molar-refractivity contribution < 1.29 is 0 Å². The van der Waals surface area contributed by atoms with Crippen molar-refractivity contribution in [2.24, 2.45) is 7.05 Å². The van der Waals surface area contributed by atoms with Gasteiger partial charge in [-0.1, -0.05) is 17.4 Å². The van der Waals surface area contributed by atoms with Gasteiger partial charge in [-0.05, 0) is 31.0 Å². The van der Waals surface area contributed by atoms with Crippen LogP contribution in [0.4, 0.5) is 0 Å². The number of rotatable bonds is 0. The van der Waals surface area contributed by atoms with E-state index < -0.39 is 0 Å². The summed E-state index contributed by atoms with van der Waals surface area (Å²) in [5, 5.41) is 0. The molecule has 0 aliphatic carbocycles. The first-order valence-electron chi connectivity index (χ1n) is 4.16. The first-order chi connectivity index (χ1) is 6.09. The maximum absolute atomic E-state index is 11.4. The number of aromatic nitrogens is 1. The average Bonchev–Trinajstić information content (AvgIpc) is 2.27. The third-order valence-electron chi connectivity index (χ3n) is 2.22.